The molecule has 1 aliphatic rings. The molecule has 1 aliphatic carbocycles. The highest BCUT2D eigenvalue weighted by Gasteiger charge is 2.22. The van der Waals surface area contributed by atoms with Crippen LogP contribution in [0.4, 0.5) is 0 Å². The number of nitrogens with one attached hydrogen (secondary N) is 1. The molecule has 0 atom stereocenters. The van der Waals surface area contributed by atoms with Crippen molar-refractivity contribution in [1.29, 1.82) is 0 Å². The summed E-state index contributed by atoms with van der Waals surface area (Å²) in [6, 6.07) is 5.01. The van der Waals surface area contributed by atoms with Crippen LogP contribution in [-0.2, 0) is 6.54 Å². The monoisotopic (exact) mass is 247 g/mol. The van der Waals surface area contributed by atoms with Crippen LogP contribution in [0, 0.1) is 19.8 Å². The third-order valence-electron chi connectivity index (χ3n) is 3.39. The Morgan fingerprint density at radius 3 is 2.33 bits per heavy atom. The molecule has 0 bridgehead atoms. The maximum absolute atomic E-state index is 5.95. The highest BCUT2D eigenvalue weighted by Crippen LogP contribution is 2.31. The van der Waals surface area contributed by atoms with Crippen LogP contribution in [0.15, 0.2) is 12.1 Å². The summed E-state index contributed by atoms with van der Waals surface area (Å²) in [5, 5.41) is 3.46. The van der Waals surface area contributed by atoms with Gasteiger partial charge in [0, 0.05) is 12.6 Å². The smallest absolute Gasteiger partial charge is 0.125 e. The van der Waals surface area contributed by atoms with Crippen LogP contribution in [0.25, 0.3) is 0 Å². The van der Waals surface area contributed by atoms with Gasteiger partial charge >= 0.3 is 0 Å². The molecule has 0 radical (unpaired) electrons. The van der Waals surface area contributed by atoms with Gasteiger partial charge in [0.1, 0.15) is 5.75 Å². The second kappa shape index (κ2) is 5.75. The highest BCUT2D eigenvalue weighted by atomic mass is 16.5. The summed E-state index contributed by atoms with van der Waals surface area (Å²) in [6.45, 7) is 10.5. The number of ether oxygens (including phenoxy) is 1. The fourth-order valence-electron chi connectivity index (χ4n) is 2.18. The zero-order chi connectivity index (χ0) is 13.1. The molecule has 0 unspecified atom stereocenters. The number of hydrogen-bond donors (Lipinski definition) is 1. The van der Waals surface area contributed by atoms with Crippen LogP contribution in [-0.4, -0.2) is 12.6 Å². The molecule has 1 saturated carbocycles. The molecule has 0 saturated heterocycles. The summed E-state index contributed by atoms with van der Waals surface area (Å²) >= 11 is 0. The molecule has 100 valence electrons. The minimum atomic E-state index is 0.524. The zero-order valence-electron chi connectivity index (χ0n) is 12.0. The van der Waals surface area contributed by atoms with Gasteiger partial charge in [0.05, 0.1) is 6.61 Å². The molecule has 0 aromatic heterocycles. The lowest BCUT2D eigenvalue weighted by atomic mass is 10.1. The van der Waals surface area contributed by atoms with Crippen LogP contribution < -0.4 is 10.1 Å². The van der Waals surface area contributed by atoms with Gasteiger partial charge in [-0.2, -0.15) is 0 Å². The lowest BCUT2D eigenvalue weighted by Gasteiger charge is -2.15. The number of rotatable bonds is 6. The maximum Gasteiger partial charge on any atom is 0.125 e. The average molecular weight is 247 g/mol. The molecular formula is C16H25NO. The molecular weight excluding hydrogens is 222 g/mol. The van der Waals surface area contributed by atoms with Gasteiger partial charge in [0.2, 0.25) is 0 Å². The van der Waals surface area contributed by atoms with Crippen molar-refractivity contribution in [2.24, 2.45) is 5.92 Å². The number of benzene rings is 1. The molecule has 2 heteroatoms. The van der Waals surface area contributed by atoms with E-state index in [1.807, 2.05) is 0 Å². The molecule has 2 nitrogen and oxygen atoms in total. The first-order valence-corrected chi connectivity index (χ1v) is 7.02. The highest BCUT2D eigenvalue weighted by molar-refractivity contribution is 5.43. The summed E-state index contributed by atoms with van der Waals surface area (Å²) in [5.41, 5.74) is 3.87. The van der Waals surface area contributed by atoms with Crippen molar-refractivity contribution in [2.45, 2.75) is 53.1 Å². The van der Waals surface area contributed by atoms with Gasteiger partial charge < -0.3 is 10.1 Å². The Bertz CT molecular complexity index is 385. The van der Waals surface area contributed by atoms with E-state index in [0.717, 1.165) is 24.8 Å². The van der Waals surface area contributed by atoms with Crippen LogP contribution in [0.3, 0.4) is 0 Å². The van der Waals surface area contributed by atoms with Crippen molar-refractivity contribution in [3.05, 3.63) is 28.8 Å². The van der Waals surface area contributed by atoms with E-state index in [1.54, 1.807) is 0 Å². The fourth-order valence-corrected chi connectivity index (χ4v) is 2.18. The topological polar surface area (TPSA) is 21.3 Å². The number of hydrogen-bond acceptors (Lipinski definition) is 2. The minimum absolute atomic E-state index is 0.524. The van der Waals surface area contributed by atoms with Gasteiger partial charge in [-0.15, -0.1) is 0 Å². The second-order valence-corrected chi connectivity index (χ2v) is 5.85. The van der Waals surface area contributed by atoms with Crippen molar-refractivity contribution in [3.8, 4) is 5.75 Å². The molecule has 0 amide bonds. The van der Waals surface area contributed by atoms with Crippen LogP contribution in [0.5, 0.6) is 5.75 Å². The van der Waals surface area contributed by atoms with E-state index in [4.69, 9.17) is 4.74 Å². The van der Waals surface area contributed by atoms with Crippen LogP contribution >= 0.6 is 0 Å². The number of aryl methyl sites for hydroxylation is 2. The summed E-state index contributed by atoms with van der Waals surface area (Å²) in [5.74, 6) is 1.90. The van der Waals surface area contributed by atoms with Gasteiger partial charge in [0.15, 0.2) is 0 Å². The van der Waals surface area contributed by atoms with E-state index in [0.29, 0.717) is 6.04 Å². The maximum atomic E-state index is 5.95. The van der Waals surface area contributed by atoms with E-state index in [-0.39, 0.29) is 0 Å². The standard InChI is InChI=1S/C16H25NO/c1-11(2)17-9-15-7-12(3)16(13(4)8-15)18-10-14-5-6-14/h7-8,11,14,17H,5-6,9-10H2,1-4H3. The Morgan fingerprint density at radius 2 is 1.83 bits per heavy atom. The normalized spacial score (nSPS) is 15.2. The van der Waals surface area contributed by atoms with Gasteiger partial charge in [-0.3, -0.25) is 0 Å². The molecule has 1 N–H and O–H groups in total. The lowest BCUT2D eigenvalue weighted by Crippen LogP contribution is -2.21. The largest absolute Gasteiger partial charge is 0.493 e. The Balaban J connectivity index is 2.02. The van der Waals surface area contributed by atoms with E-state index >= 15 is 0 Å². The molecule has 0 heterocycles. The van der Waals surface area contributed by atoms with Crippen molar-refractivity contribution in [1.82, 2.24) is 5.32 Å². The quantitative estimate of drug-likeness (QED) is 0.829. The molecule has 1 fully saturated rings. The molecule has 18 heavy (non-hydrogen) atoms. The average Bonchev–Trinajstić information content (AvgIpc) is 3.09. The first-order valence-electron chi connectivity index (χ1n) is 7.02. The predicted molar refractivity (Wildman–Crippen MR) is 76.1 cm³/mol. The Morgan fingerprint density at radius 1 is 1.22 bits per heavy atom. The van der Waals surface area contributed by atoms with Gasteiger partial charge in [-0.25, -0.2) is 0 Å². The predicted octanol–water partition coefficient (Wildman–Crippen LogP) is 3.59. The summed E-state index contributed by atoms with van der Waals surface area (Å²) in [7, 11) is 0. The molecule has 0 aliphatic heterocycles. The van der Waals surface area contributed by atoms with E-state index in [2.05, 4.69) is 45.1 Å². The summed E-state index contributed by atoms with van der Waals surface area (Å²) in [4.78, 5) is 0. The van der Waals surface area contributed by atoms with Gasteiger partial charge in [-0.1, -0.05) is 26.0 Å². The second-order valence-electron chi connectivity index (χ2n) is 5.85. The fraction of sp³-hybridized carbons (Fsp3) is 0.625. The van der Waals surface area contributed by atoms with Crippen LogP contribution in [0.2, 0.25) is 0 Å². The van der Waals surface area contributed by atoms with Crippen molar-refractivity contribution in [3.63, 3.8) is 0 Å². The summed E-state index contributed by atoms with van der Waals surface area (Å²) in [6.07, 6.45) is 2.68. The third-order valence-corrected chi connectivity index (χ3v) is 3.39. The van der Waals surface area contributed by atoms with Crippen LogP contribution in [0.1, 0.15) is 43.4 Å². The Kier molecular flexibility index (Phi) is 4.28. The zero-order valence-corrected chi connectivity index (χ0v) is 12.0. The third kappa shape index (κ3) is 3.74. The lowest BCUT2D eigenvalue weighted by molar-refractivity contribution is 0.296. The first kappa shape index (κ1) is 13.4. The van der Waals surface area contributed by atoms with Crippen molar-refractivity contribution in [2.75, 3.05) is 6.61 Å². The van der Waals surface area contributed by atoms with Gasteiger partial charge in [-0.05, 0) is 49.3 Å². The SMILES string of the molecule is Cc1cc(CNC(C)C)cc(C)c1OCC1CC1. The first-order chi connectivity index (χ1) is 8.56. The molecule has 1 aromatic rings. The summed E-state index contributed by atoms with van der Waals surface area (Å²) < 4.78 is 5.95. The van der Waals surface area contributed by atoms with Crippen molar-refractivity contribution < 1.29 is 4.74 Å². The van der Waals surface area contributed by atoms with E-state index in [1.165, 1.54) is 29.5 Å². The minimum Gasteiger partial charge on any atom is -0.493 e. The van der Waals surface area contributed by atoms with E-state index < -0.39 is 0 Å². The molecule has 1 aromatic carbocycles. The Hall–Kier alpha value is -1.02. The molecule has 0 spiro atoms. The molecule has 2 rings (SSSR count). The Labute approximate surface area is 111 Å². The van der Waals surface area contributed by atoms with Gasteiger partial charge in [0.25, 0.3) is 0 Å². The van der Waals surface area contributed by atoms with Crippen molar-refractivity contribution >= 4 is 0 Å². The van der Waals surface area contributed by atoms with E-state index in [9.17, 15) is 0 Å².